The van der Waals surface area contributed by atoms with Gasteiger partial charge in [0.15, 0.2) is 11.2 Å². The van der Waals surface area contributed by atoms with Crippen molar-refractivity contribution in [1.82, 2.24) is 18.7 Å². The molecule has 2 aromatic heterocycles. The fourth-order valence-electron chi connectivity index (χ4n) is 4.31. The molecule has 9 heteroatoms. The molecule has 0 fully saturated rings. The van der Waals surface area contributed by atoms with Crippen molar-refractivity contribution >= 4 is 34.4 Å². The predicted molar refractivity (Wildman–Crippen MR) is 129 cm³/mol. The zero-order valence-corrected chi connectivity index (χ0v) is 19.2. The molecule has 0 radical (unpaired) electrons. The molecule has 33 heavy (non-hydrogen) atoms. The molecule has 2 aromatic carbocycles. The Morgan fingerprint density at radius 2 is 1.76 bits per heavy atom. The van der Waals surface area contributed by atoms with Crippen molar-refractivity contribution in [2.24, 2.45) is 7.05 Å². The van der Waals surface area contributed by atoms with Crippen molar-refractivity contribution in [2.75, 3.05) is 18.1 Å². The Morgan fingerprint density at radius 1 is 1.03 bits per heavy atom. The quantitative estimate of drug-likeness (QED) is 0.450. The molecule has 0 amide bonds. The van der Waals surface area contributed by atoms with Crippen LogP contribution >= 0.6 is 11.6 Å². The Morgan fingerprint density at radius 3 is 2.45 bits per heavy atom. The van der Waals surface area contributed by atoms with E-state index in [2.05, 4.69) is 4.90 Å². The lowest BCUT2D eigenvalue weighted by atomic mass is 10.2. The molecule has 0 N–H and O–H groups in total. The van der Waals surface area contributed by atoms with Gasteiger partial charge in [-0.05, 0) is 55.3 Å². The van der Waals surface area contributed by atoms with Gasteiger partial charge >= 0.3 is 5.69 Å². The van der Waals surface area contributed by atoms with E-state index in [1.165, 1.54) is 9.13 Å². The lowest BCUT2D eigenvalue weighted by Gasteiger charge is -2.29. The molecule has 0 aliphatic carbocycles. The maximum atomic E-state index is 13.5. The van der Waals surface area contributed by atoms with Gasteiger partial charge in [0.25, 0.3) is 5.56 Å². The number of benzene rings is 2. The summed E-state index contributed by atoms with van der Waals surface area (Å²) >= 11 is 5.98. The number of aromatic nitrogens is 4. The highest BCUT2D eigenvalue weighted by Crippen LogP contribution is 2.31. The van der Waals surface area contributed by atoms with Gasteiger partial charge in [-0.25, -0.2) is 4.79 Å². The van der Waals surface area contributed by atoms with E-state index in [0.717, 1.165) is 30.0 Å². The van der Waals surface area contributed by atoms with E-state index in [-0.39, 0.29) is 12.1 Å². The number of fused-ring (bicyclic) bond motifs is 3. The minimum Gasteiger partial charge on any atom is -0.494 e. The molecular formula is C24H24ClN5O3. The lowest BCUT2D eigenvalue weighted by Crippen LogP contribution is -2.40. The zero-order valence-electron chi connectivity index (χ0n) is 18.5. The Hall–Kier alpha value is -3.52. The smallest absolute Gasteiger partial charge is 0.332 e. The van der Waals surface area contributed by atoms with Gasteiger partial charge in [-0.2, -0.15) is 4.98 Å². The van der Waals surface area contributed by atoms with Crippen molar-refractivity contribution in [3.63, 3.8) is 0 Å². The monoisotopic (exact) mass is 465 g/mol. The van der Waals surface area contributed by atoms with Gasteiger partial charge < -0.3 is 14.2 Å². The topological polar surface area (TPSA) is 74.3 Å². The van der Waals surface area contributed by atoms with Gasteiger partial charge in [0, 0.05) is 30.8 Å². The van der Waals surface area contributed by atoms with Gasteiger partial charge in [0.2, 0.25) is 5.95 Å². The SMILES string of the molecule is CCOc1ccc(N2CCCn3c2nc2c3c(=O)n(Cc3ccc(Cl)cc3)c(=O)n2C)cc1. The standard InChI is InChI=1S/C24H24ClN5O3/c1-3-33-19-11-9-18(10-12-19)28-13-4-14-29-20-21(26-23(28)29)27(2)24(32)30(22(20)31)15-16-5-7-17(25)8-6-16/h5-12H,3-4,13-15H2,1-2H3. The average Bonchev–Trinajstić information content (AvgIpc) is 3.22. The average molecular weight is 466 g/mol. The Bertz CT molecular complexity index is 1430. The van der Waals surface area contributed by atoms with E-state index in [0.29, 0.717) is 35.3 Å². The zero-order chi connectivity index (χ0) is 23.1. The molecule has 0 atom stereocenters. The molecule has 8 nitrogen and oxygen atoms in total. The summed E-state index contributed by atoms with van der Waals surface area (Å²) < 4.78 is 10.2. The molecule has 0 unspecified atom stereocenters. The molecular weight excluding hydrogens is 442 g/mol. The second-order valence-electron chi connectivity index (χ2n) is 8.03. The summed E-state index contributed by atoms with van der Waals surface area (Å²) in [5.74, 6) is 1.47. The van der Waals surface area contributed by atoms with Crippen LogP contribution in [0.15, 0.2) is 58.1 Å². The molecule has 170 valence electrons. The number of halogens is 1. The number of nitrogens with zero attached hydrogens (tertiary/aromatic N) is 5. The highest BCUT2D eigenvalue weighted by atomic mass is 35.5. The van der Waals surface area contributed by atoms with Crippen LogP contribution in [0.4, 0.5) is 11.6 Å². The van der Waals surface area contributed by atoms with Gasteiger partial charge in [0.05, 0.1) is 13.2 Å². The number of hydrogen-bond acceptors (Lipinski definition) is 5. The van der Waals surface area contributed by atoms with E-state index in [1.54, 1.807) is 19.2 Å². The van der Waals surface area contributed by atoms with Crippen LogP contribution in [0.1, 0.15) is 18.9 Å². The minimum atomic E-state index is -0.398. The van der Waals surface area contributed by atoms with Gasteiger partial charge in [0.1, 0.15) is 5.75 Å². The summed E-state index contributed by atoms with van der Waals surface area (Å²) in [6.45, 7) is 4.15. The molecule has 5 rings (SSSR count). The molecule has 0 bridgehead atoms. The third-order valence-corrected chi connectivity index (χ3v) is 6.18. The number of rotatable bonds is 5. The molecule has 0 saturated heterocycles. The van der Waals surface area contributed by atoms with E-state index < -0.39 is 5.69 Å². The van der Waals surface area contributed by atoms with E-state index in [1.807, 2.05) is 47.9 Å². The van der Waals surface area contributed by atoms with Crippen molar-refractivity contribution in [3.05, 3.63) is 80.0 Å². The van der Waals surface area contributed by atoms with Crippen LogP contribution in [0.5, 0.6) is 5.75 Å². The van der Waals surface area contributed by atoms with Crippen LogP contribution in [0.2, 0.25) is 5.02 Å². The van der Waals surface area contributed by atoms with E-state index >= 15 is 0 Å². The molecule has 0 saturated carbocycles. The van der Waals surface area contributed by atoms with Crippen LogP contribution in [0, 0.1) is 0 Å². The third kappa shape index (κ3) is 3.70. The van der Waals surface area contributed by atoms with Crippen molar-refractivity contribution in [2.45, 2.75) is 26.4 Å². The fraction of sp³-hybridized carbons (Fsp3) is 0.292. The number of ether oxygens (including phenoxy) is 1. The first-order chi connectivity index (χ1) is 16.0. The first kappa shape index (κ1) is 21.3. The number of imidazole rings is 1. The summed E-state index contributed by atoms with van der Waals surface area (Å²) in [4.78, 5) is 33.4. The fourth-order valence-corrected chi connectivity index (χ4v) is 4.44. The number of anilines is 2. The normalized spacial score (nSPS) is 13.4. The predicted octanol–water partition coefficient (Wildman–Crippen LogP) is 3.54. The molecule has 4 aromatic rings. The summed E-state index contributed by atoms with van der Waals surface area (Å²) in [6, 6.07) is 15.0. The third-order valence-electron chi connectivity index (χ3n) is 5.93. The van der Waals surface area contributed by atoms with Gasteiger partial charge in [-0.15, -0.1) is 0 Å². The number of hydrogen-bond donors (Lipinski definition) is 0. The maximum absolute atomic E-state index is 13.5. The van der Waals surface area contributed by atoms with Crippen LogP contribution in [0.25, 0.3) is 11.2 Å². The highest BCUT2D eigenvalue weighted by molar-refractivity contribution is 6.30. The van der Waals surface area contributed by atoms with Gasteiger partial charge in [-0.3, -0.25) is 13.9 Å². The number of aryl methyl sites for hydroxylation is 2. The van der Waals surface area contributed by atoms with Crippen LogP contribution < -0.4 is 20.9 Å². The first-order valence-electron chi connectivity index (χ1n) is 10.9. The van der Waals surface area contributed by atoms with Crippen molar-refractivity contribution < 1.29 is 4.74 Å². The second-order valence-corrected chi connectivity index (χ2v) is 8.46. The highest BCUT2D eigenvalue weighted by Gasteiger charge is 2.27. The second kappa shape index (κ2) is 8.44. The van der Waals surface area contributed by atoms with Crippen molar-refractivity contribution in [3.8, 4) is 5.75 Å². The summed E-state index contributed by atoms with van der Waals surface area (Å²) in [7, 11) is 1.66. The maximum Gasteiger partial charge on any atom is 0.332 e. The Balaban J connectivity index is 1.62. The van der Waals surface area contributed by atoms with Crippen LogP contribution in [-0.2, 0) is 20.1 Å². The minimum absolute atomic E-state index is 0.168. The molecule has 1 aliphatic heterocycles. The molecule has 1 aliphatic rings. The Kier molecular flexibility index (Phi) is 5.46. The van der Waals surface area contributed by atoms with E-state index in [9.17, 15) is 9.59 Å². The Labute approximate surface area is 195 Å². The van der Waals surface area contributed by atoms with Crippen molar-refractivity contribution in [1.29, 1.82) is 0 Å². The largest absolute Gasteiger partial charge is 0.494 e. The summed E-state index contributed by atoms with van der Waals surface area (Å²) in [5, 5.41) is 0.605. The van der Waals surface area contributed by atoms with E-state index in [4.69, 9.17) is 21.3 Å². The summed E-state index contributed by atoms with van der Waals surface area (Å²) in [6.07, 6.45) is 0.852. The van der Waals surface area contributed by atoms with Crippen LogP contribution in [0.3, 0.4) is 0 Å². The molecule has 3 heterocycles. The first-order valence-corrected chi connectivity index (χ1v) is 11.3. The summed E-state index contributed by atoms with van der Waals surface area (Å²) in [5.41, 5.74) is 1.89. The molecule has 0 spiro atoms. The van der Waals surface area contributed by atoms with Gasteiger partial charge in [-0.1, -0.05) is 23.7 Å². The lowest BCUT2D eigenvalue weighted by molar-refractivity contribution is 0.340. The van der Waals surface area contributed by atoms with Crippen LogP contribution in [-0.4, -0.2) is 31.8 Å².